The summed E-state index contributed by atoms with van der Waals surface area (Å²) < 4.78 is 16.0. The second kappa shape index (κ2) is 6.20. The molecule has 0 fully saturated rings. The van der Waals surface area contributed by atoms with Crippen LogP contribution >= 0.6 is 0 Å². The number of benzene rings is 3. The van der Waals surface area contributed by atoms with Crippen molar-refractivity contribution in [1.29, 1.82) is 0 Å². The Labute approximate surface area is 157 Å². The number of esters is 1. The van der Waals surface area contributed by atoms with Crippen LogP contribution in [0.4, 0.5) is 0 Å². The fourth-order valence-electron chi connectivity index (χ4n) is 3.65. The summed E-state index contributed by atoms with van der Waals surface area (Å²) in [6.07, 6.45) is 0. The van der Waals surface area contributed by atoms with Gasteiger partial charge in [0.15, 0.2) is 11.5 Å². The van der Waals surface area contributed by atoms with Gasteiger partial charge in [-0.05, 0) is 54.1 Å². The van der Waals surface area contributed by atoms with E-state index >= 15 is 0 Å². The zero-order valence-electron chi connectivity index (χ0n) is 15.7. The molecular weight excluding hydrogens is 344 g/mol. The van der Waals surface area contributed by atoms with Crippen LogP contribution in [-0.2, 0) is 11.3 Å². The number of aromatic hydroxyl groups is 1. The minimum atomic E-state index is -0.426. The van der Waals surface area contributed by atoms with Gasteiger partial charge in [-0.3, -0.25) is 0 Å². The van der Waals surface area contributed by atoms with Gasteiger partial charge in [-0.2, -0.15) is 0 Å². The molecule has 0 unspecified atom stereocenters. The maximum atomic E-state index is 12.5. The minimum Gasteiger partial charge on any atom is -0.507 e. The zero-order valence-corrected chi connectivity index (χ0v) is 15.7. The first-order valence-electron chi connectivity index (χ1n) is 8.64. The van der Waals surface area contributed by atoms with Crippen molar-refractivity contribution in [1.82, 2.24) is 0 Å². The van der Waals surface area contributed by atoms with Gasteiger partial charge in [0.05, 0.1) is 19.8 Å². The van der Waals surface area contributed by atoms with Crippen molar-refractivity contribution in [3.05, 3.63) is 52.6 Å². The molecule has 5 nitrogen and oxygen atoms in total. The van der Waals surface area contributed by atoms with Crippen LogP contribution in [0.25, 0.3) is 21.9 Å². The van der Waals surface area contributed by atoms with Crippen LogP contribution in [0.5, 0.6) is 17.2 Å². The van der Waals surface area contributed by atoms with Gasteiger partial charge in [0.25, 0.3) is 0 Å². The van der Waals surface area contributed by atoms with Crippen LogP contribution in [-0.4, -0.2) is 25.3 Å². The van der Waals surface area contributed by atoms with Crippen molar-refractivity contribution in [3.8, 4) is 28.4 Å². The number of phenolic OH excluding ortho intramolecular Hbond substituents is 1. The van der Waals surface area contributed by atoms with E-state index in [1.807, 2.05) is 38.1 Å². The van der Waals surface area contributed by atoms with Crippen LogP contribution in [0.1, 0.15) is 27.0 Å². The van der Waals surface area contributed by atoms with E-state index in [0.717, 1.165) is 27.6 Å². The summed E-state index contributed by atoms with van der Waals surface area (Å²) in [7, 11) is 3.15. The number of carbonyl (C=O) groups excluding carboxylic acids is 1. The Hall–Kier alpha value is -3.21. The molecule has 1 N–H and O–H groups in total. The lowest BCUT2D eigenvalue weighted by molar-refractivity contribution is 0.0535. The molecule has 0 saturated carbocycles. The summed E-state index contributed by atoms with van der Waals surface area (Å²) in [6, 6.07) is 9.48. The first-order chi connectivity index (χ1) is 13.0. The number of hydrogen-bond acceptors (Lipinski definition) is 5. The highest BCUT2D eigenvalue weighted by atomic mass is 16.5. The van der Waals surface area contributed by atoms with E-state index in [-0.39, 0.29) is 12.4 Å². The van der Waals surface area contributed by atoms with E-state index in [9.17, 15) is 9.90 Å². The monoisotopic (exact) mass is 364 g/mol. The molecule has 3 aromatic carbocycles. The Morgan fingerprint density at radius 2 is 1.59 bits per heavy atom. The highest BCUT2D eigenvalue weighted by Gasteiger charge is 2.31. The number of aryl methyl sites for hydroxylation is 2. The second-order valence-corrected chi connectivity index (χ2v) is 6.71. The molecular formula is C22H20O5. The van der Waals surface area contributed by atoms with Crippen molar-refractivity contribution in [3.63, 3.8) is 0 Å². The smallest absolute Gasteiger partial charge is 0.339 e. The topological polar surface area (TPSA) is 65.0 Å². The standard InChI is InChI=1S/C22H20O5/c1-11-7-14-15(8-12(11)2)21(23)16-10-27-22(24)20(16)19(14)13-5-6-17(25-3)18(9-13)26-4/h5-9,23H,10H2,1-4H3. The normalized spacial score (nSPS) is 12.8. The largest absolute Gasteiger partial charge is 0.507 e. The van der Waals surface area contributed by atoms with Crippen molar-refractivity contribution in [2.24, 2.45) is 0 Å². The SMILES string of the molecule is COc1ccc(-c2c3c(c(O)c4cc(C)c(C)cc24)COC3=O)cc1OC. The quantitative estimate of drug-likeness (QED) is 0.693. The van der Waals surface area contributed by atoms with Gasteiger partial charge >= 0.3 is 5.97 Å². The van der Waals surface area contributed by atoms with E-state index < -0.39 is 5.97 Å². The molecule has 4 rings (SSSR count). The molecule has 138 valence electrons. The fraction of sp³-hybridized carbons (Fsp3) is 0.227. The number of methoxy groups -OCH3 is 2. The third-order valence-electron chi connectivity index (χ3n) is 5.22. The van der Waals surface area contributed by atoms with Crippen LogP contribution < -0.4 is 9.47 Å². The Bertz CT molecular complexity index is 1100. The molecule has 3 aromatic rings. The highest BCUT2D eigenvalue weighted by molar-refractivity contribution is 6.13. The Morgan fingerprint density at radius 3 is 2.26 bits per heavy atom. The van der Waals surface area contributed by atoms with Gasteiger partial charge < -0.3 is 19.3 Å². The maximum absolute atomic E-state index is 12.5. The summed E-state index contributed by atoms with van der Waals surface area (Å²) in [5.74, 6) is 0.860. The summed E-state index contributed by atoms with van der Waals surface area (Å²) >= 11 is 0. The number of hydrogen-bond donors (Lipinski definition) is 1. The highest BCUT2D eigenvalue weighted by Crippen LogP contribution is 2.46. The molecule has 0 radical (unpaired) electrons. The molecule has 1 heterocycles. The van der Waals surface area contributed by atoms with Crippen molar-refractivity contribution < 1.29 is 24.1 Å². The average Bonchev–Trinajstić information content (AvgIpc) is 3.05. The minimum absolute atomic E-state index is 0.0726. The van der Waals surface area contributed by atoms with E-state index in [1.54, 1.807) is 20.3 Å². The van der Waals surface area contributed by atoms with Crippen molar-refractivity contribution in [2.75, 3.05) is 14.2 Å². The zero-order chi connectivity index (χ0) is 19.3. The number of phenols is 1. The first kappa shape index (κ1) is 17.2. The summed E-state index contributed by atoms with van der Waals surface area (Å²) in [4.78, 5) is 12.5. The molecule has 27 heavy (non-hydrogen) atoms. The van der Waals surface area contributed by atoms with Gasteiger partial charge in [0, 0.05) is 16.5 Å². The average molecular weight is 364 g/mol. The number of carbonyl (C=O) groups is 1. The lowest BCUT2D eigenvalue weighted by atomic mass is 9.88. The van der Waals surface area contributed by atoms with Gasteiger partial charge in [0.1, 0.15) is 12.4 Å². The molecule has 0 aliphatic carbocycles. The number of rotatable bonds is 3. The van der Waals surface area contributed by atoms with E-state index in [0.29, 0.717) is 28.0 Å². The molecule has 0 spiro atoms. The van der Waals surface area contributed by atoms with Crippen molar-refractivity contribution in [2.45, 2.75) is 20.5 Å². The van der Waals surface area contributed by atoms with Gasteiger partial charge in [-0.15, -0.1) is 0 Å². The third kappa shape index (κ3) is 2.50. The lowest BCUT2D eigenvalue weighted by Crippen LogP contribution is -2.00. The molecule has 0 saturated heterocycles. The predicted octanol–water partition coefficient (Wildman–Crippen LogP) is 4.52. The summed E-state index contributed by atoms with van der Waals surface area (Å²) in [6.45, 7) is 4.08. The Kier molecular flexibility index (Phi) is 3.95. The van der Waals surface area contributed by atoms with Crippen LogP contribution in [0, 0.1) is 13.8 Å². The maximum Gasteiger partial charge on any atom is 0.339 e. The van der Waals surface area contributed by atoms with Crippen molar-refractivity contribution >= 4 is 16.7 Å². The molecule has 0 atom stereocenters. The van der Waals surface area contributed by atoms with Gasteiger partial charge in [0.2, 0.25) is 0 Å². The van der Waals surface area contributed by atoms with Crippen LogP contribution in [0.2, 0.25) is 0 Å². The predicted molar refractivity (Wildman–Crippen MR) is 103 cm³/mol. The second-order valence-electron chi connectivity index (χ2n) is 6.71. The van der Waals surface area contributed by atoms with Gasteiger partial charge in [-0.1, -0.05) is 12.1 Å². The molecule has 0 bridgehead atoms. The number of fused-ring (bicyclic) bond motifs is 2. The Morgan fingerprint density at radius 1 is 0.926 bits per heavy atom. The van der Waals surface area contributed by atoms with Crippen LogP contribution in [0.3, 0.4) is 0 Å². The van der Waals surface area contributed by atoms with Crippen LogP contribution in [0.15, 0.2) is 30.3 Å². The first-order valence-corrected chi connectivity index (χ1v) is 8.64. The van der Waals surface area contributed by atoms with E-state index in [1.165, 1.54) is 0 Å². The molecule has 5 heteroatoms. The molecule has 0 aromatic heterocycles. The summed E-state index contributed by atoms with van der Waals surface area (Å²) in [5.41, 5.74) is 4.63. The molecule has 0 amide bonds. The van der Waals surface area contributed by atoms with E-state index in [2.05, 4.69) is 0 Å². The number of ether oxygens (including phenoxy) is 3. The summed E-state index contributed by atoms with van der Waals surface area (Å²) in [5, 5.41) is 12.3. The molecule has 1 aliphatic rings. The lowest BCUT2D eigenvalue weighted by Gasteiger charge is -2.16. The number of cyclic esters (lactones) is 1. The fourth-order valence-corrected chi connectivity index (χ4v) is 3.65. The third-order valence-corrected chi connectivity index (χ3v) is 5.22. The Balaban J connectivity index is 2.14. The molecule has 1 aliphatic heterocycles. The van der Waals surface area contributed by atoms with Gasteiger partial charge in [-0.25, -0.2) is 4.79 Å². The van der Waals surface area contributed by atoms with E-state index in [4.69, 9.17) is 14.2 Å².